The summed E-state index contributed by atoms with van der Waals surface area (Å²) >= 11 is 0. The highest BCUT2D eigenvalue weighted by molar-refractivity contribution is 6.00. The molecule has 0 saturated carbocycles. The highest BCUT2D eigenvalue weighted by Gasteiger charge is 2.39. The van der Waals surface area contributed by atoms with E-state index in [1.54, 1.807) is 12.4 Å². The van der Waals surface area contributed by atoms with Crippen LogP contribution in [-0.4, -0.2) is 35.5 Å². The lowest BCUT2D eigenvalue weighted by molar-refractivity contribution is 0.0200. The summed E-state index contributed by atoms with van der Waals surface area (Å²) in [5.74, 6) is 0.0406. The number of ketones is 1. The first kappa shape index (κ1) is 11.2. The molecule has 16 heavy (non-hydrogen) atoms. The monoisotopic (exact) mass is 221 g/mol. The van der Waals surface area contributed by atoms with Crippen molar-refractivity contribution < 1.29 is 9.53 Å². The third kappa shape index (κ3) is 1.96. The van der Waals surface area contributed by atoms with Crippen molar-refractivity contribution in [1.82, 2.24) is 9.97 Å². The van der Waals surface area contributed by atoms with E-state index in [2.05, 4.69) is 9.97 Å². The van der Waals surface area contributed by atoms with Gasteiger partial charge in [0.15, 0.2) is 5.78 Å². The van der Waals surface area contributed by atoms with Crippen LogP contribution >= 0.6 is 0 Å². The number of hydrogen-bond donors (Lipinski definition) is 1. The Kier molecular flexibility index (Phi) is 3.26. The van der Waals surface area contributed by atoms with Crippen molar-refractivity contribution in [3.63, 3.8) is 0 Å². The summed E-state index contributed by atoms with van der Waals surface area (Å²) in [5.41, 5.74) is 5.81. The van der Waals surface area contributed by atoms with Crippen LogP contribution in [0, 0.1) is 5.41 Å². The molecule has 0 amide bonds. The molecule has 5 heteroatoms. The highest BCUT2D eigenvalue weighted by Crippen LogP contribution is 2.32. The van der Waals surface area contributed by atoms with Crippen LogP contribution in [0.25, 0.3) is 0 Å². The molecular formula is C11H15N3O2. The van der Waals surface area contributed by atoms with Crippen molar-refractivity contribution in [3.8, 4) is 0 Å². The van der Waals surface area contributed by atoms with Crippen molar-refractivity contribution in [1.29, 1.82) is 0 Å². The lowest BCUT2D eigenvalue weighted by Crippen LogP contribution is -2.43. The van der Waals surface area contributed by atoms with E-state index in [4.69, 9.17) is 10.5 Å². The Morgan fingerprint density at radius 3 is 2.56 bits per heavy atom. The van der Waals surface area contributed by atoms with Crippen molar-refractivity contribution in [2.45, 2.75) is 12.8 Å². The molecule has 1 aromatic heterocycles. The maximum absolute atomic E-state index is 12.3. The number of ether oxygens (including phenoxy) is 1. The summed E-state index contributed by atoms with van der Waals surface area (Å²) in [6.45, 7) is 1.54. The largest absolute Gasteiger partial charge is 0.381 e. The van der Waals surface area contributed by atoms with Crippen LogP contribution in [0.4, 0.5) is 0 Å². The maximum atomic E-state index is 12.3. The predicted octanol–water partition coefficient (Wildman–Crippen LogP) is 0.415. The molecule has 5 nitrogen and oxygen atoms in total. The molecule has 0 spiro atoms. The minimum Gasteiger partial charge on any atom is -0.381 e. The van der Waals surface area contributed by atoms with Crippen LogP contribution in [0.3, 0.4) is 0 Å². The zero-order chi connectivity index (χ0) is 11.4. The third-order valence-electron chi connectivity index (χ3n) is 3.15. The van der Waals surface area contributed by atoms with E-state index in [0.29, 0.717) is 38.2 Å². The SMILES string of the molecule is NCC1(C(=O)c2cncnc2)CCOCC1. The van der Waals surface area contributed by atoms with Gasteiger partial charge in [-0.15, -0.1) is 0 Å². The smallest absolute Gasteiger partial charge is 0.173 e. The molecule has 2 N–H and O–H groups in total. The van der Waals surface area contributed by atoms with Gasteiger partial charge in [-0.05, 0) is 12.8 Å². The molecule has 0 aliphatic carbocycles. The molecule has 0 aromatic carbocycles. The molecule has 1 aliphatic heterocycles. The normalized spacial score (nSPS) is 19.3. The average molecular weight is 221 g/mol. The number of aromatic nitrogens is 2. The van der Waals surface area contributed by atoms with Gasteiger partial charge in [0.2, 0.25) is 0 Å². The average Bonchev–Trinajstić information content (AvgIpc) is 2.39. The second kappa shape index (κ2) is 4.67. The van der Waals surface area contributed by atoms with Crippen molar-refractivity contribution >= 4 is 5.78 Å². The summed E-state index contributed by atoms with van der Waals surface area (Å²) in [6.07, 6.45) is 5.86. The predicted molar refractivity (Wildman–Crippen MR) is 57.9 cm³/mol. The van der Waals surface area contributed by atoms with Crippen LogP contribution in [0.1, 0.15) is 23.2 Å². The Balaban J connectivity index is 2.24. The minimum absolute atomic E-state index is 0.0406. The zero-order valence-corrected chi connectivity index (χ0v) is 9.06. The van der Waals surface area contributed by atoms with E-state index in [1.807, 2.05) is 0 Å². The van der Waals surface area contributed by atoms with E-state index in [-0.39, 0.29) is 5.78 Å². The first-order valence-corrected chi connectivity index (χ1v) is 5.36. The van der Waals surface area contributed by atoms with Gasteiger partial charge in [-0.2, -0.15) is 0 Å². The fraction of sp³-hybridized carbons (Fsp3) is 0.545. The van der Waals surface area contributed by atoms with Crippen LogP contribution in [0.2, 0.25) is 0 Å². The molecule has 0 radical (unpaired) electrons. The van der Waals surface area contributed by atoms with E-state index in [1.165, 1.54) is 6.33 Å². The van der Waals surface area contributed by atoms with Gasteiger partial charge in [0.25, 0.3) is 0 Å². The van der Waals surface area contributed by atoms with Gasteiger partial charge in [-0.25, -0.2) is 9.97 Å². The van der Waals surface area contributed by atoms with E-state index in [0.717, 1.165) is 0 Å². The molecule has 2 heterocycles. The Bertz CT molecular complexity index is 361. The number of hydrogen-bond acceptors (Lipinski definition) is 5. The standard InChI is InChI=1S/C11H15N3O2/c12-7-11(1-3-16-4-2-11)10(15)9-5-13-8-14-6-9/h5-6,8H,1-4,7,12H2. The van der Waals surface area contributed by atoms with Crippen molar-refractivity contribution in [3.05, 3.63) is 24.3 Å². The summed E-state index contributed by atoms with van der Waals surface area (Å²) in [4.78, 5) is 20.1. The maximum Gasteiger partial charge on any atom is 0.173 e. The molecule has 2 rings (SSSR count). The molecular weight excluding hydrogens is 206 g/mol. The van der Waals surface area contributed by atoms with Crippen LogP contribution in [0.15, 0.2) is 18.7 Å². The van der Waals surface area contributed by atoms with E-state index < -0.39 is 5.41 Å². The number of nitrogens with zero attached hydrogens (tertiary/aromatic N) is 2. The molecule has 1 fully saturated rings. The van der Waals surface area contributed by atoms with Gasteiger partial charge in [0.1, 0.15) is 6.33 Å². The Hall–Kier alpha value is -1.33. The molecule has 1 aliphatic rings. The number of carbonyl (C=O) groups excluding carboxylic acids is 1. The van der Waals surface area contributed by atoms with Crippen LogP contribution in [-0.2, 0) is 4.74 Å². The number of carbonyl (C=O) groups is 1. The van der Waals surface area contributed by atoms with E-state index >= 15 is 0 Å². The molecule has 0 unspecified atom stereocenters. The first-order chi connectivity index (χ1) is 7.78. The van der Waals surface area contributed by atoms with Gasteiger partial charge in [0.05, 0.1) is 11.0 Å². The topological polar surface area (TPSA) is 78.1 Å². The lowest BCUT2D eigenvalue weighted by Gasteiger charge is -2.34. The second-order valence-electron chi connectivity index (χ2n) is 4.05. The number of rotatable bonds is 3. The Morgan fingerprint density at radius 1 is 1.38 bits per heavy atom. The zero-order valence-electron chi connectivity index (χ0n) is 9.06. The fourth-order valence-corrected chi connectivity index (χ4v) is 2.01. The van der Waals surface area contributed by atoms with Crippen molar-refractivity contribution in [2.75, 3.05) is 19.8 Å². The quantitative estimate of drug-likeness (QED) is 0.748. The number of nitrogens with two attached hydrogens (primary N) is 1. The third-order valence-corrected chi connectivity index (χ3v) is 3.15. The van der Waals surface area contributed by atoms with Gasteiger partial charge in [-0.1, -0.05) is 0 Å². The summed E-state index contributed by atoms with van der Waals surface area (Å²) < 4.78 is 5.27. The lowest BCUT2D eigenvalue weighted by atomic mass is 9.74. The van der Waals surface area contributed by atoms with Crippen LogP contribution in [0.5, 0.6) is 0 Å². The first-order valence-electron chi connectivity index (χ1n) is 5.36. The fourth-order valence-electron chi connectivity index (χ4n) is 2.01. The van der Waals surface area contributed by atoms with Crippen LogP contribution < -0.4 is 5.73 Å². The van der Waals surface area contributed by atoms with Gasteiger partial charge < -0.3 is 10.5 Å². The van der Waals surface area contributed by atoms with Gasteiger partial charge in [-0.3, -0.25) is 4.79 Å². The van der Waals surface area contributed by atoms with Gasteiger partial charge in [0, 0.05) is 32.2 Å². The molecule has 0 bridgehead atoms. The summed E-state index contributed by atoms with van der Waals surface area (Å²) in [5, 5.41) is 0. The van der Waals surface area contributed by atoms with Gasteiger partial charge >= 0.3 is 0 Å². The summed E-state index contributed by atoms with van der Waals surface area (Å²) in [7, 11) is 0. The highest BCUT2D eigenvalue weighted by atomic mass is 16.5. The molecule has 1 saturated heterocycles. The number of Topliss-reactive ketones (excluding diaryl/α,β-unsaturated/α-hetero) is 1. The molecule has 0 atom stereocenters. The second-order valence-corrected chi connectivity index (χ2v) is 4.05. The Morgan fingerprint density at radius 2 is 2.00 bits per heavy atom. The van der Waals surface area contributed by atoms with Crippen molar-refractivity contribution in [2.24, 2.45) is 11.1 Å². The molecule has 86 valence electrons. The molecule has 1 aromatic rings. The van der Waals surface area contributed by atoms with E-state index in [9.17, 15) is 4.79 Å². The Labute approximate surface area is 94.0 Å². The minimum atomic E-state index is -0.483. The summed E-state index contributed by atoms with van der Waals surface area (Å²) in [6, 6.07) is 0.